The number of para-hydroxylation sites is 1. The van der Waals surface area contributed by atoms with Crippen LogP contribution in [0.2, 0.25) is 0 Å². The first kappa shape index (κ1) is 20.7. The van der Waals surface area contributed by atoms with Crippen molar-refractivity contribution in [3.8, 4) is 17.0 Å². The largest absolute Gasteiger partial charge is 0.508 e. The molecule has 0 aliphatic heterocycles. The van der Waals surface area contributed by atoms with Gasteiger partial charge in [0.05, 0.1) is 11.4 Å². The van der Waals surface area contributed by atoms with E-state index < -0.39 is 0 Å². The SMILES string of the molecule is Cc1ccc(-c2csc(NC(=O)c3cc4ccc(O)cc4oc3=Nc3ccccc3)n2)cc1. The number of hydrogen-bond acceptors (Lipinski definition) is 6. The van der Waals surface area contributed by atoms with Crippen molar-refractivity contribution in [1.82, 2.24) is 4.98 Å². The number of fused-ring (bicyclic) bond motifs is 1. The van der Waals surface area contributed by atoms with Crippen molar-refractivity contribution < 1.29 is 14.3 Å². The molecule has 0 saturated carbocycles. The van der Waals surface area contributed by atoms with Crippen LogP contribution >= 0.6 is 11.3 Å². The van der Waals surface area contributed by atoms with E-state index >= 15 is 0 Å². The van der Waals surface area contributed by atoms with Gasteiger partial charge >= 0.3 is 0 Å². The summed E-state index contributed by atoms with van der Waals surface area (Å²) in [5, 5.41) is 15.7. The zero-order valence-corrected chi connectivity index (χ0v) is 18.5. The third-order valence-electron chi connectivity index (χ3n) is 5.04. The lowest BCUT2D eigenvalue weighted by Crippen LogP contribution is -2.21. The van der Waals surface area contributed by atoms with E-state index in [9.17, 15) is 9.90 Å². The summed E-state index contributed by atoms with van der Waals surface area (Å²) >= 11 is 1.35. The molecule has 7 heteroatoms. The van der Waals surface area contributed by atoms with Crippen molar-refractivity contribution in [2.24, 2.45) is 4.99 Å². The fourth-order valence-corrected chi connectivity index (χ4v) is 4.04. The zero-order chi connectivity index (χ0) is 22.8. The molecule has 6 nitrogen and oxygen atoms in total. The molecule has 0 aliphatic rings. The second kappa shape index (κ2) is 8.72. The number of aromatic hydroxyl groups is 1. The Morgan fingerprint density at radius 2 is 1.82 bits per heavy atom. The molecule has 2 N–H and O–H groups in total. The minimum atomic E-state index is -0.381. The normalized spacial score (nSPS) is 11.6. The van der Waals surface area contributed by atoms with Gasteiger partial charge in [-0.05, 0) is 37.3 Å². The Morgan fingerprint density at radius 3 is 2.61 bits per heavy atom. The molecule has 0 aliphatic carbocycles. The number of phenolic OH excluding ortho intramolecular Hbond substituents is 1. The number of thiazole rings is 1. The Kier molecular flexibility index (Phi) is 5.46. The molecule has 3 aromatic carbocycles. The van der Waals surface area contributed by atoms with Crippen LogP contribution in [0.5, 0.6) is 5.75 Å². The summed E-state index contributed by atoms with van der Waals surface area (Å²) in [7, 11) is 0. The molecule has 2 heterocycles. The maximum atomic E-state index is 13.2. The first-order valence-corrected chi connectivity index (χ1v) is 11.1. The quantitative estimate of drug-likeness (QED) is 0.346. The van der Waals surface area contributed by atoms with Crippen LogP contribution in [-0.2, 0) is 0 Å². The van der Waals surface area contributed by atoms with E-state index in [1.54, 1.807) is 18.2 Å². The van der Waals surface area contributed by atoms with Gasteiger partial charge in [-0.1, -0.05) is 48.0 Å². The monoisotopic (exact) mass is 453 g/mol. The van der Waals surface area contributed by atoms with Crippen LogP contribution in [0.15, 0.2) is 93.7 Å². The molecule has 2 aromatic heterocycles. The average Bonchev–Trinajstić information content (AvgIpc) is 3.28. The Balaban J connectivity index is 1.52. The van der Waals surface area contributed by atoms with Gasteiger partial charge in [-0.15, -0.1) is 11.3 Å². The Hall–Kier alpha value is -4.23. The maximum Gasteiger partial charge on any atom is 0.262 e. The lowest BCUT2D eigenvalue weighted by molar-refractivity contribution is 0.102. The summed E-state index contributed by atoms with van der Waals surface area (Å²) in [5.41, 5.74) is 4.44. The van der Waals surface area contributed by atoms with Crippen LogP contribution in [0.3, 0.4) is 0 Å². The molecule has 0 radical (unpaired) electrons. The number of nitrogens with zero attached hydrogens (tertiary/aromatic N) is 2. The molecule has 5 aromatic rings. The van der Waals surface area contributed by atoms with Crippen molar-refractivity contribution in [3.63, 3.8) is 0 Å². The summed E-state index contributed by atoms with van der Waals surface area (Å²) in [6.45, 7) is 2.03. The molecule has 162 valence electrons. The van der Waals surface area contributed by atoms with Crippen LogP contribution in [0, 0.1) is 6.92 Å². The van der Waals surface area contributed by atoms with Gasteiger partial charge in [0, 0.05) is 22.4 Å². The van der Waals surface area contributed by atoms with Crippen molar-refractivity contribution in [3.05, 3.63) is 101 Å². The smallest absolute Gasteiger partial charge is 0.262 e. The standard InChI is InChI=1S/C26H19N3O3S/c1-16-7-9-17(10-8-16)22-15-33-26(28-22)29-24(31)21-13-18-11-12-20(30)14-23(18)32-25(21)27-19-5-3-2-4-6-19/h2-15,30H,1H3,(H,28,29,31). The first-order chi connectivity index (χ1) is 16.0. The Labute approximate surface area is 193 Å². The zero-order valence-electron chi connectivity index (χ0n) is 17.6. The molecule has 5 rings (SSSR count). The van der Waals surface area contributed by atoms with Crippen LogP contribution in [0.1, 0.15) is 15.9 Å². The predicted molar refractivity (Wildman–Crippen MR) is 130 cm³/mol. The number of anilines is 1. The van der Waals surface area contributed by atoms with E-state index in [1.807, 2.05) is 66.9 Å². The second-order valence-electron chi connectivity index (χ2n) is 7.49. The van der Waals surface area contributed by atoms with E-state index in [1.165, 1.54) is 23.0 Å². The van der Waals surface area contributed by atoms with E-state index in [0.29, 0.717) is 21.8 Å². The van der Waals surface area contributed by atoms with Gasteiger partial charge in [-0.2, -0.15) is 0 Å². The number of nitrogens with one attached hydrogen (secondary N) is 1. The van der Waals surface area contributed by atoms with E-state index in [4.69, 9.17) is 4.42 Å². The summed E-state index contributed by atoms with van der Waals surface area (Å²) in [5.74, 6) is -0.311. The molecule has 0 spiro atoms. The van der Waals surface area contributed by atoms with Gasteiger partial charge in [-0.25, -0.2) is 9.98 Å². The molecule has 0 atom stereocenters. The third-order valence-corrected chi connectivity index (χ3v) is 5.80. The number of phenols is 1. The van der Waals surface area contributed by atoms with Crippen molar-refractivity contribution in [2.75, 3.05) is 5.32 Å². The van der Waals surface area contributed by atoms with E-state index in [0.717, 1.165) is 11.3 Å². The fraction of sp³-hybridized carbons (Fsp3) is 0.0385. The maximum absolute atomic E-state index is 13.2. The van der Waals surface area contributed by atoms with Crippen LogP contribution in [0.4, 0.5) is 10.8 Å². The lowest BCUT2D eigenvalue weighted by atomic mass is 10.1. The van der Waals surface area contributed by atoms with Crippen LogP contribution in [0.25, 0.3) is 22.2 Å². The highest BCUT2D eigenvalue weighted by atomic mass is 32.1. The molecule has 0 fully saturated rings. The number of carbonyl (C=O) groups excluding carboxylic acids is 1. The molecule has 1 amide bonds. The minimum absolute atomic E-state index is 0.0699. The molecular weight excluding hydrogens is 434 g/mol. The van der Waals surface area contributed by atoms with Crippen LogP contribution in [-0.4, -0.2) is 16.0 Å². The number of benzene rings is 3. The molecule has 0 bridgehead atoms. The van der Waals surface area contributed by atoms with Gasteiger partial charge in [-0.3, -0.25) is 10.1 Å². The average molecular weight is 454 g/mol. The van der Waals surface area contributed by atoms with Gasteiger partial charge < -0.3 is 9.52 Å². The molecule has 0 saturated heterocycles. The van der Waals surface area contributed by atoms with E-state index in [2.05, 4.69) is 15.3 Å². The number of aromatic nitrogens is 1. The lowest BCUT2D eigenvalue weighted by Gasteiger charge is -2.05. The summed E-state index contributed by atoms with van der Waals surface area (Å²) in [4.78, 5) is 22.3. The minimum Gasteiger partial charge on any atom is -0.508 e. The van der Waals surface area contributed by atoms with Crippen molar-refractivity contribution in [2.45, 2.75) is 6.92 Å². The number of amides is 1. The highest BCUT2D eigenvalue weighted by Crippen LogP contribution is 2.26. The number of aryl methyl sites for hydroxylation is 1. The fourth-order valence-electron chi connectivity index (χ4n) is 3.33. The first-order valence-electron chi connectivity index (χ1n) is 10.3. The van der Waals surface area contributed by atoms with Gasteiger partial charge in [0.2, 0.25) is 5.55 Å². The van der Waals surface area contributed by atoms with Gasteiger partial charge in [0.15, 0.2) is 5.13 Å². The summed E-state index contributed by atoms with van der Waals surface area (Å²) < 4.78 is 5.92. The Morgan fingerprint density at radius 1 is 1.03 bits per heavy atom. The number of carbonyl (C=O) groups is 1. The topological polar surface area (TPSA) is 87.7 Å². The van der Waals surface area contributed by atoms with Crippen molar-refractivity contribution >= 4 is 39.0 Å². The van der Waals surface area contributed by atoms with Crippen molar-refractivity contribution in [1.29, 1.82) is 0 Å². The molecular formula is C26H19N3O3S. The highest BCUT2D eigenvalue weighted by Gasteiger charge is 2.15. The Bertz CT molecular complexity index is 1520. The van der Waals surface area contributed by atoms with E-state index in [-0.39, 0.29) is 22.8 Å². The number of hydrogen-bond donors (Lipinski definition) is 2. The summed E-state index contributed by atoms with van der Waals surface area (Å²) in [6.07, 6.45) is 0. The highest BCUT2D eigenvalue weighted by molar-refractivity contribution is 7.14. The third kappa shape index (κ3) is 4.53. The predicted octanol–water partition coefficient (Wildman–Crippen LogP) is 6.06. The second-order valence-corrected chi connectivity index (χ2v) is 8.35. The van der Waals surface area contributed by atoms with Crippen LogP contribution < -0.4 is 10.9 Å². The van der Waals surface area contributed by atoms with Gasteiger partial charge in [0.1, 0.15) is 16.9 Å². The number of rotatable bonds is 4. The molecule has 0 unspecified atom stereocenters. The van der Waals surface area contributed by atoms with Gasteiger partial charge in [0.25, 0.3) is 5.91 Å². The molecule has 33 heavy (non-hydrogen) atoms. The summed E-state index contributed by atoms with van der Waals surface area (Å²) in [6, 6.07) is 23.7.